The van der Waals surface area contributed by atoms with E-state index in [1.807, 2.05) is 0 Å². The number of hydrogen-bond acceptors (Lipinski definition) is 5. The van der Waals surface area contributed by atoms with Crippen LogP contribution < -0.4 is 5.32 Å². The first-order chi connectivity index (χ1) is 8.78. The molecular formula is C11H15N3O4. The number of urea groups is 1. The van der Waals surface area contributed by atoms with Crippen LogP contribution in [0, 0.1) is 0 Å². The Kier molecular flexibility index (Phi) is 2.92. The van der Waals surface area contributed by atoms with Gasteiger partial charge < -0.3 is 14.7 Å². The van der Waals surface area contributed by atoms with Crippen molar-refractivity contribution < 1.29 is 19.5 Å². The van der Waals surface area contributed by atoms with Crippen LogP contribution in [0.15, 0.2) is 16.9 Å². The van der Waals surface area contributed by atoms with E-state index in [4.69, 9.17) is 14.7 Å². The summed E-state index contributed by atoms with van der Waals surface area (Å²) in [4.78, 5) is 18.4. The molecule has 0 aliphatic carbocycles. The van der Waals surface area contributed by atoms with Crippen LogP contribution in [0.4, 0.5) is 4.79 Å². The smallest absolute Gasteiger partial charge is 0.329 e. The standard InChI is InChI=1S/C11H15N3O4/c15-6-8-1-2-9(18-8)14-5-7-3-4-17-13-10(7)12-11(14)16/h5,8-9,15H,1-4,6H2,(H,12,13,16)/t8-,9+/m0/s1. The van der Waals surface area contributed by atoms with Crippen molar-refractivity contribution in [3.63, 3.8) is 0 Å². The molecule has 0 aromatic carbocycles. The van der Waals surface area contributed by atoms with Crippen LogP contribution in [0.2, 0.25) is 0 Å². The summed E-state index contributed by atoms with van der Waals surface area (Å²) in [6, 6.07) is -0.272. The number of oxime groups is 1. The van der Waals surface area contributed by atoms with Gasteiger partial charge in [0.15, 0.2) is 5.84 Å². The lowest BCUT2D eigenvalue weighted by molar-refractivity contribution is -0.0364. The van der Waals surface area contributed by atoms with Crippen molar-refractivity contribution in [3.05, 3.63) is 11.8 Å². The summed E-state index contributed by atoms with van der Waals surface area (Å²) in [6.07, 6.45) is 3.49. The monoisotopic (exact) mass is 253 g/mol. The molecule has 0 aromatic rings. The van der Waals surface area contributed by atoms with E-state index in [1.54, 1.807) is 6.20 Å². The van der Waals surface area contributed by atoms with Gasteiger partial charge in [0, 0.05) is 18.2 Å². The molecule has 3 aliphatic rings. The number of nitrogens with one attached hydrogen (secondary N) is 1. The summed E-state index contributed by atoms with van der Waals surface area (Å²) in [5, 5.41) is 15.5. The summed E-state index contributed by atoms with van der Waals surface area (Å²) < 4.78 is 5.60. The topological polar surface area (TPSA) is 83.4 Å². The Morgan fingerprint density at radius 1 is 1.56 bits per heavy atom. The maximum absolute atomic E-state index is 11.9. The average Bonchev–Trinajstić information content (AvgIpc) is 2.86. The third kappa shape index (κ3) is 1.95. The maximum Gasteiger partial charge on any atom is 0.329 e. The lowest BCUT2D eigenvalue weighted by atomic mass is 10.1. The van der Waals surface area contributed by atoms with E-state index in [2.05, 4.69) is 10.5 Å². The van der Waals surface area contributed by atoms with Crippen molar-refractivity contribution >= 4 is 11.9 Å². The minimum atomic E-state index is -0.306. The van der Waals surface area contributed by atoms with Crippen LogP contribution in [0.3, 0.4) is 0 Å². The number of carbonyl (C=O) groups is 1. The minimum Gasteiger partial charge on any atom is -0.394 e. The number of hydrogen-bond donors (Lipinski definition) is 2. The highest BCUT2D eigenvalue weighted by Gasteiger charge is 2.35. The normalized spacial score (nSPS) is 31.2. The lowest BCUT2D eigenvalue weighted by Crippen LogP contribution is -2.50. The number of rotatable bonds is 2. The second-order valence-electron chi connectivity index (χ2n) is 4.49. The zero-order valence-corrected chi connectivity index (χ0v) is 9.83. The maximum atomic E-state index is 11.9. The van der Waals surface area contributed by atoms with E-state index >= 15 is 0 Å². The van der Waals surface area contributed by atoms with Crippen molar-refractivity contribution in [3.8, 4) is 0 Å². The van der Waals surface area contributed by atoms with Gasteiger partial charge in [-0.1, -0.05) is 5.16 Å². The third-order valence-electron chi connectivity index (χ3n) is 3.28. The molecule has 7 heteroatoms. The van der Waals surface area contributed by atoms with Crippen LogP contribution in [0.25, 0.3) is 0 Å². The predicted octanol–water partition coefficient (Wildman–Crippen LogP) is 0.127. The zero-order chi connectivity index (χ0) is 12.5. The minimum absolute atomic E-state index is 0.0108. The molecule has 0 unspecified atom stereocenters. The Balaban J connectivity index is 1.78. The van der Waals surface area contributed by atoms with E-state index in [9.17, 15) is 4.79 Å². The van der Waals surface area contributed by atoms with Gasteiger partial charge in [0.25, 0.3) is 0 Å². The fourth-order valence-corrected chi connectivity index (χ4v) is 2.30. The first kappa shape index (κ1) is 11.5. The van der Waals surface area contributed by atoms with Gasteiger partial charge in [0.2, 0.25) is 0 Å². The molecule has 3 aliphatic heterocycles. The Bertz CT molecular complexity index is 421. The zero-order valence-electron chi connectivity index (χ0n) is 9.83. The first-order valence-corrected chi connectivity index (χ1v) is 6.04. The predicted molar refractivity (Wildman–Crippen MR) is 61.4 cm³/mol. The SMILES string of the molecule is O=C1NC2=NOCCC2=CN1[C@H]1CC[C@@H](CO)O1. The van der Waals surface area contributed by atoms with Gasteiger partial charge in [-0.05, 0) is 12.8 Å². The van der Waals surface area contributed by atoms with Crippen molar-refractivity contribution in [2.45, 2.75) is 31.6 Å². The number of carbonyl (C=O) groups excluding carboxylic acids is 1. The van der Waals surface area contributed by atoms with E-state index < -0.39 is 0 Å². The summed E-state index contributed by atoms with van der Waals surface area (Å²) >= 11 is 0. The quantitative estimate of drug-likeness (QED) is 0.732. The van der Waals surface area contributed by atoms with Crippen molar-refractivity contribution in [2.24, 2.45) is 5.16 Å². The lowest BCUT2D eigenvalue weighted by Gasteiger charge is -2.31. The highest BCUT2D eigenvalue weighted by molar-refractivity contribution is 6.09. The molecule has 1 saturated heterocycles. The fourth-order valence-electron chi connectivity index (χ4n) is 2.30. The van der Waals surface area contributed by atoms with Crippen molar-refractivity contribution in [2.75, 3.05) is 13.2 Å². The molecular weight excluding hydrogens is 238 g/mol. The second kappa shape index (κ2) is 4.58. The highest BCUT2D eigenvalue weighted by atomic mass is 16.6. The third-order valence-corrected chi connectivity index (χ3v) is 3.28. The molecule has 2 amide bonds. The molecule has 0 saturated carbocycles. The van der Waals surface area contributed by atoms with Gasteiger partial charge >= 0.3 is 6.03 Å². The van der Waals surface area contributed by atoms with E-state index in [0.29, 0.717) is 18.9 Å². The van der Waals surface area contributed by atoms with Crippen LogP contribution in [-0.4, -0.2) is 47.4 Å². The van der Waals surface area contributed by atoms with Crippen LogP contribution in [-0.2, 0) is 9.57 Å². The molecule has 1 fully saturated rings. The van der Waals surface area contributed by atoms with Crippen LogP contribution in [0.5, 0.6) is 0 Å². The van der Waals surface area contributed by atoms with E-state index in [-0.39, 0.29) is 25.0 Å². The van der Waals surface area contributed by atoms with Gasteiger partial charge in [-0.15, -0.1) is 0 Å². The molecule has 0 radical (unpaired) electrons. The number of nitrogens with zero attached hydrogens (tertiary/aromatic N) is 2. The molecule has 3 heterocycles. The Labute approximate surface area is 104 Å². The molecule has 0 bridgehead atoms. The largest absolute Gasteiger partial charge is 0.394 e. The van der Waals surface area contributed by atoms with Gasteiger partial charge in [-0.2, -0.15) is 0 Å². The van der Waals surface area contributed by atoms with E-state index in [0.717, 1.165) is 18.4 Å². The second-order valence-corrected chi connectivity index (χ2v) is 4.49. The summed E-state index contributed by atoms with van der Waals surface area (Å²) in [5.74, 6) is 0.485. The van der Waals surface area contributed by atoms with Crippen LogP contribution >= 0.6 is 0 Å². The number of amidine groups is 1. The van der Waals surface area contributed by atoms with Gasteiger partial charge in [0.1, 0.15) is 12.8 Å². The molecule has 7 nitrogen and oxygen atoms in total. The highest BCUT2D eigenvalue weighted by Crippen LogP contribution is 2.26. The number of amides is 2. The summed E-state index contributed by atoms with van der Waals surface area (Å²) in [6.45, 7) is 0.507. The first-order valence-electron chi connectivity index (χ1n) is 6.04. The fraction of sp³-hybridized carbons (Fsp3) is 0.636. The molecule has 3 rings (SSSR count). The number of aliphatic hydroxyl groups is 1. The van der Waals surface area contributed by atoms with Crippen molar-refractivity contribution in [1.82, 2.24) is 10.2 Å². The average molecular weight is 253 g/mol. The Hall–Kier alpha value is -1.60. The molecule has 0 spiro atoms. The van der Waals surface area contributed by atoms with E-state index in [1.165, 1.54) is 4.90 Å². The molecule has 98 valence electrons. The van der Waals surface area contributed by atoms with Gasteiger partial charge in [-0.3, -0.25) is 10.2 Å². The number of fused-ring (bicyclic) bond motifs is 1. The molecule has 2 atom stereocenters. The molecule has 2 N–H and O–H groups in total. The molecule has 18 heavy (non-hydrogen) atoms. The Morgan fingerprint density at radius 2 is 2.44 bits per heavy atom. The molecule has 0 aromatic heterocycles. The Morgan fingerprint density at radius 3 is 3.22 bits per heavy atom. The van der Waals surface area contributed by atoms with Gasteiger partial charge in [-0.25, -0.2) is 4.79 Å². The summed E-state index contributed by atoms with van der Waals surface area (Å²) in [5.41, 5.74) is 0.942. The van der Waals surface area contributed by atoms with Gasteiger partial charge in [0.05, 0.1) is 12.7 Å². The number of ether oxygens (including phenoxy) is 1. The van der Waals surface area contributed by atoms with Crippen LogP contribution in [0.1, 0.15) is 19.3 Å². The van der Waals surface area contributed by atoms with Crippen molar-refractivity contribution in [1.29, 1.82) is 0 Å². The summed E-state index contributed by atoms with van der Waals surface area (Å²) in [7, 11) is 0. The number of aliphatic hydroxyl groups excluding tert-OH is 1.